The van der Waals surface area contributed by atoms with Gasteiger partial charge in [0.15, 0.2) is 11.2 Å². The Hall–Kier alpha value is -2.87. The molecule has 154 valence electrons. The van der Waals surface area contributed by atoms with Crippen molar-refractivity contribution in [3.8, 4) is 0 Å². The zero-order valence-corrected chi connectivity index (χ0v) is 17.1. The lowest BCUT2D eigenvalue weighted by atomic mass is 10.2. The van der Waals surface area contributed by atoms with E-state index in [-0.39, 0.29) is 17.8 Å². The molecular weight excluding hydrogens is 370 g/mol. The molecule has 2 aromatic heterocycles. The van der Waals surface area contributed by atoms with Crippen molar-refractivity contribution in [1.82, 2.24) is 18.7 Å². The quantitative estimate of drug-likeness (QED) is 0.665. The Balaban J connectivity index is 1.91. The van der Waals surface area contributed by atoms with Crippen molar-refractivity contribution in [2.75, 3.05) is 11.4 Å². The van der Waals surface area contributed by atoms with Crippen LogP contribution in [0.2, 0.25) is 0 Å². The van der Waals surface area contributed by atoms with Crippen LogP contribution < -0.4 is 16.1 Å². The van der Waals surface area contributed by atoms with Crippen LogP contribution in [0.3, 0.4) is 0 Å². The van der Waals surface area contributed by atoms with E-state index in [2.05, 4.69) is 11.9 Å². The lowest BCUT2D eigenvalue weighted by molar-refractivity contribution is 0.154. The van der Waals surface area contributed by atoms with Gasteiger partial charge in [-0.15, -0.1) is 0 Å². The van der Waals surface area contributed by atoms with Crippen LogP contribution in [0.4, 0.5) is 11.6 Å². The number of hydrogen-bond donors (Lipinski definition) is 1. The van der Waals surface area contributed by atoms with Crippen LogP contribution in [0.25, 0.3) is 11.2 Å². The highest BCUT2D eigenvalue weighted by Gasteiger charge is 2.30. The van der Waals surface area contributed by atoms with Crippen molar-refractivity contribution in [2.45, 2.75) is 52.3 Å². The highest BCUT2D eigenvalue weighted by atomic mass is 16.3. The Kier molecular flexibility index (Phi) is 5.04. The molecule has 0 amide bonds. The second-order valence-corrected chi connectivity index (χ2v) is 7.80. The van der Waals surface area contributed by atoms with Crippen LogP contribution in [0.5, 0.6) is 0 Å². The lowest BCUT2D eigenvalue weighted by Crippen LogP contribution is -2.41. The smallest absolute Gasteiger partial charge is 0.332 e. The molecule has 0 radical (unpaired) electrons. The molecule has 4 rings (SSSR count). The minimum absolute atomic E-state index is 0.274. The maximum absolute atomic E-state index is 13.2. The highest BCUT2D eigenvalue weighted by Crippen LogP contribution is 2.31. The van der Waals surface area contributed by atoms with Crippen molar-refractivity contribution in [1.29, 1.82) is 0 Å². The molecule has 0 saturated carbocycles. The summed E-state index contributed by atoms with van der Waals surface area (Å²) < 4.78 is 4.49. The second kappa shape index (κ2) is 7.51. The van der Waals surface area contributed by atoms with E-state index in [9.17, 15) is 14.7 Å². The third-order valence-electron chi connectivity index (χ3n) is 5.57. The molecule has 0 bridgehead atoms. The molecule has 3 aromatic rings. The summed E-state index contributed by atoms with van der Waals surface area (Å²) in [6.07, 6.45) is 2.09. The number of aromatic nitrogens is 4. The Morgan fingerprint density at radius 2 is 1.86 bits per heavy atom. The highest BCUT2D eigenvalue weighted by molar-refractivity contribution is 5.77. The van der Waals surface area contributed by atoms with Gasteiger partial charge in [-0.05, 0) is 25.5 Å². The monoisotopic (exact) mass is 397 g/mol. The third kappa shape index (κ3) is 3.27. The predicted molar refractivity (Wildman–Crippen MR) is 113 cm³/mol. The molecular formula is C21H27N5O3. The van der Waals surface area contributed by atoms with Gasteiger partial charge in [0.1, 0.15) is 0 Å². The zero-order valence-electron chi connectivity index (χ0n) is 17.1. The van der Waals surface area contributed by atoms with Crippen LogP contribution in [0.1, 0.15) is 31.7 Å². The Morgan fingerprint density at radius 3 is 2.55 bits per heavy atom. The Bertz CT molecular complexity index is 1160. The van der Waals surface area contributed by atoms with Crippen LogP contribution >= 0.6 is 0 Å². The molecule has 1 aromatic carbocycles. The maximum atomic E-state index is 13.2. The lowest BCUT2D eigenvalue weighted by Gasteiger charge is -2.32. The Labute approximate surface area is 168 Å². The molecule has 1 aliphatic heterocycles. The number of aryl methyl sites for hydroxylation is 2. The number of nitrogens with zero attached hydrogens (tertiary/aromatic N) is 5. The van der Waals surface area contributed by atoms with Gasteiger partial charge in [0.25, 0.3) is 5.56 Å². The summed E-state index contributed by atoms with van der Waals surface area (Å²) in [5.74, 6) is 0.576. The van der Waals surface area contributed by atoms with E-state index in [4.69, 9.17) is 0 Å². The van der Waals surface area contributed by atoms with E-state index in [1.807, 2.05) is 36.1 Å². The number of aliphatic hydroxyl groups is 1. The maximum Gasteiger partial charge on any atom is 0.332 e. The average molecular weight is 397 g/mol. The van der Waals surface area contributed by atoms with Gasteiger partial charge in [-0.3, -0.25) is 13.9 Å². The summed E-state index contributed by atoms with van der Waals surface area (Å²) in [5, 5.41) is 10.5. The normalized spacial score (nSPS) is 16.4. The summed E-state index contributed by atoms with van der Waals surface area (Å²) >= 11 is 0. The van der Waals surface area contributed by atoms with Crippen LogP contribution in [-0.4, -0.2) is 36.4 Å². The van der Waals surface area contributed by atoms with Gasteiger partial charge >= 0.3 is 5.69 Å². The standard InChI is InChI=1S/C21H27N5O3/c1-4-5-6-11-24-19(28)17-18(23(3)21(24)29)22-20-25(12-16(27)13-26(17)20)15-9-7-14(2)8-10-15/h7-10,16,27H,4-6,11-13H2,1-3H3. The number of hydrogen-bond acceptors (Lipinski definition) is 5. The van der Waals surface area contributed by atoms with Gasteiger partial charge in [-0.25, -0.2) is 4.79 Å². The summed E-state index contributed by atoms with van der Waals surface area (Å²) in [5.41, 5.74) is 2.06. The molecule has 1 N–H and O–H groups in total. The van der Waals surface area contributed by atoms with E-state index in [0.717, 1.165) is 30.5 Å². The number of anilines is 2. The molecule has 0 fully saturated rings. The van der Waals surface area contributed by atoms with Crippen molar-refractivity contribution in [3.63, 3.8) is 0 Å². The van der Waals surface area contributed by atoms with E-state index >= 15 is 0 Å². The molecule has 8 nitrogen and oxygen atoms in total. The number of benzene rings is 1. The summed E-state index contributed by atoms with van der Waals surface area (Å²) in [6.45, 7) is 5.14. The SMILES string of the molecule is CCCCCn1c(=O)c2c(nc3n2CC(O)CN3c2ccc(C)cc2)n(C)c1=O. The van der Waals surface area contributed by atoms with Crippen molar-refractivity contribution >= 4 is 22.8 Å². The van der Waals surface area contributed by atoms with Crippen LogP contribution in [0, 0.1) is 6.92 Å². The second-order valence-electron chi connectivity index (χ2n) is 7.80. The zero-order chi connectivity index (χ0) is 20.7. The fourth-order valence-corrected chi connectivity index (χ4v) is 3.96. The molecule has 29 heavy (non-hydrogen) atoms. The topological polar surface area (TPSA) is 85.3 Å². The molecule has 0 spiro atoms. The van der Waals surface area contributed by atoms with Crippen LogP contribution in [-0.2, 0) is 20.1 Å². The number of fused-ring (bicyclic) bond motifs is 3. The first kappa shape index (κ1) is 19.4. The fraction of sp³-hybridized carbons (Fsp3) is 0.476. The van der Waals surface area contributed by atoms with Gasteiger partial charge < -0.3 is 14.6 Å². The molecule has 8 heteroatoms. The minimum Gasteiger partial charge on any atom is -0.389 e. The fourth-order valence-electron chi connectivity index (χ4n) is 3.96. The van der Waals surface area contributed by atoms with Gasteiger partial charge in [-0.1, -0.05) is 37.5 Å². The summed E-state index contributed by atoms with van der Waals surface area (Å²) in [6, 6.07) is 7.94. The van der Waals surface area contributed by atoms with Crippen molar-refractivity contribution in [3.05, 3.63) is 50.7 Å². The number of aliphatic hydroxyl groups excluding tert-OH is 1. The van der Waals surface area contributed by atoms with E-state index < -0.39 is 6.10 Å². The molecule has 3 heterocycles. The molecule has 0 saturated heterocycles. The van der Waals surface area contributed by atoms with Gasteiger partial charge in [0.2, 0.25) is 5.95 Å². The van der Waals surface area contributed by atoms with E-state index in [1.165, 1.54) is 9.13 Å². The number of unbranched alkanes of at least 4 members (excludes halogenated alkanes) is 2. The molecule has 0 aliphatic carbocycles. The predicted octanol–water partition coefficient (Wildman–Crippen LogP) is 1.91. The van der Waals surface area contributed by atoms with Crippen molar-refractivity contribution in [2.24, 2.45) is 7.05 Å². The summed E-state index contributed by atoms with van der Waals surface area (Å²) in [7, 11) is 1.64. The van der Waals surface area contributed by atoms with E-state index in [1.54, 1.807) is 11.6 Å². The number of imidazole rings is 1. The first-order chi connectivity index (χ1) is 13.9. The first-order valence-electron chi connectivity index (χ1n) is 10.1. The Morgan fingerprint density at radius 1 is 1.14 bits per heavy atom. The number of rotatable bonds is 5. The van der Waals surface area contributed by atoms with Gasteiger partial charge in [0.05, 0.1) is 19.2 Å². The third-order valence-corrected chi connectivity index (χ3v) is 5.57. The van der Waals surface area contributed by atoms with Gasteiger partial charge in [0, 0.05) is 19.3 Å². The molecule has 1 unspecified atom stereocenters. The first-order valence-corrected chi connectivity index (χ1v) is 10.1. The largest absolute Gasteiger partial charge is 0.389 e. The van der Waals surface area contributed by atoms with Crippen LogP contribution in [0.15, 0.2) is 33.9 Å². The average Bonchev–Trinajstić information content (AvgIpc) is 3.08. The minimum atomic E-state index is -0.647. The van der Waals surface area contributed by atoms with Gasteiger partial charge in [-0.2, -0.15) is 4.98 Å². The number of β-amino-alcohol motifs (C(OH)–C–C–N with tert-alkyl or cyclic N) is 1. The summed E-state index contributed by atoms with van der Waals surface area (Å²) in [4.78, 5) is 32.5. The van der Waals surface area contributed by atoms with Crippen molar-refractivity contribution < 1.29 is 5.11 Å². The molecule has 1 atom stereocenters. The van der Waals surface area contributed by atoms with E-state index in [0.29, 0.717) is 30.2 Å². The molecule has 1 aliphatic rings.